The highest BCUT2D eigenvalue weighted by molar-refractivity contribution is 7.99. The Labute approximate surface area is 231 Å². The van der Waals surface area contributed by atoms with Crippen LogP contribution in [0.1, 0.15) is 32.9 Å². The molecule has 0 aliphatic carbocycles. The number of rotatable bonds is 8. The molecule has 0 radical (unpaired) electrons. The lowest BCUT2D eigenvalue weighted by Gasteiger charge is -2.22. The number of carbonyl (C=O) groups excluding carboxylic acids is 2. The summed E-state index contributed by atoms with van der Waals surface area (Å²) in [5, 5.41) is 21.7. The number of hydrogen-bond donors (Lipinski definition) is 4. The number of aryl methyl sites for hydroxylation is 1. The van der Waals surface area contributed by atoms with Crippen LogP contribution in [0.2, 0.25) is 0 Å². The maximum absolute atomic E-state index is 12.6. The van der Waals surface area contributed by atoms with E-state index in [9.17, 15) is 9.59 Å². The van der Waals surface area contributed by atoms with Crippen LogP contribution in [0.15, 0.2) is 58.7 Å². The second kappa shape index (κ2) is 11.1. The van der Waals surface area contributed by atoms with Gasteiger partial charge in [0.15, 0.2) is 11.6 Å². The van der Waals surface area contributed by atoms with Crippen LogP contribution in [0.5, 0.6) is 0 Å². The van der Waals surface area contributed by atoms with Crippen molar-refractivity contribution < 1.29 is 9.59 Å². The number of benzene rings is 1. The summed E-state index contributed by atoms with van der Waals surface area (Å²) in [4.78, 5) is 32.6. The first kappa shape index (κ1) is 26.7. The van der Waals surface area contributed by atoms with Gasteiger partial charge < -0.3 is 16.0 Å². The number of nitrogens with zero attached hydrogens (tertiary/aromatic N) is 5. The summed E-state index contributed by atoms with van der Waals surface area (Å²) in [5.41, 5.74) is 2.10. The van der Waals surface area contributed by atoms with E-state index in [2.05, 4.69) is 36.1 Å². The number of nitrogens with one attached hydrogen (secondary N) is 4. The van der Waals surface area contributed by atoms with Crippen molar-refractivity contribution in [2.75, 3.05) is 30.3 Å². The average Bonchev–Trinajstić information content (AvgIpc) is 3.61. The zero-order valence-electron chi connectivity index (χ0n) is 22.5. The lowest BCUT2D eigenvalue weighted by atomic mass is 9.95. The van der Waals surface area contributed by atoms with Gasteiger partial charge in [0.05, 0.1) is 6.54 Å². The molecule has 2 amide bonds. The van der Waals surface area contributed by atoms with Crippen LogP contribution in [-0.4, -0.2) is 67.2 Å². The molecule has 1 atom stereocenters. The summed E-state index contributed by atoms with van der Waals surface area (Å²) in [5.74, 6) is 1.30. The molecule has 1 aliphatic rings. The minimum absolute atomic E-state index is 0.0377. The fourth-order valence-electron chi connectivity index (χ4n) is 4.26. The first-order valence-corrected chi connectivity index (χ1v) is 13.7. The maximum Gasteiger partial charge on any atom is 0.238 e. The van der Waals surface area contributed by atoms with Gasteiger partial charge in [0.1, 0.15) is 5.52 Å². The van der Waals surface area contributed by atoms with Crippen molar-refractivity contribution in [2.24, 2.45) is 5.41 Å². The summed E-state index contributed by atoms with van der Waals surface area (Å²) in [7, 11) is 0. The van der Waals surface area contributed by atoms with Crippen LogP contribution in [0.3, 0.4) is 0 Å². The van der Waals surface area contributed by atoms with E-state index >= 15 is 0 Å². The van der Waals surface area contributed by atoms with Crippen LogP contribution in [0, 0.1) is 12.3 Å². The summed E-state index contributed by atoms with van der Waals surface area (Å²) in [6.45, 7) is 9.38. The van der Waals surface area contributed by atoms with Gasteiger partial charge in [-0.25, -0.2) is 9.50 Å². The summed E-state index contributed by atoms with van der Waals surface area (Å²) in [6, 6.07) is 13.5. The molecule has 4 aromatic rings. The molecule has 1 fully saturated rings. The number of aromatic nitrogens is 5. The van der Waals surface area contributed by atoms with Crippen LogP contribution in [0.25, 0.3) is 5.52 Å². The molecule has 1 aromatic carbocycles. The number of H-pyrrole nitrogens is 1. The van der Waals surface area contributed by atoms with E-state index in [1.165, 1.54) is 11.8 Å². The number of aromatic amines is 1. The third kappa shape index (κ3) is 6.76. The summed E-state index contributed by atoms with van der Waals surface area (Å²) >= 11 is 1.43. The van der Waals surface area contributed by atoms with E-state index in [-0.39, 0.29) is 24.4 Å². The Morgan fingerprint density at radius 1 is 1.18 bits per heavy atom. The van der Waals surface area contributed by atoms with Crippen LogP contribution in [0.4, 0.5) is 17.3 Å². The molecule has 1 aliphatic heterocycles. The number of fused-ring (bicyclic) bond motifs is 1. The largest absolute Gasteiger partial charge is 0.352 e. The zero-order chi connectivity index (χ0) is 27.6. The number of amides is 2. The van der Waals surface area contributed by atoms with Crippen molar-refractivity contribution in [1.29, 1.82) is 0 Å². The second-order valence-electron chi connectivity index (χ2n) is 10.8. The molecule has 11 nitrogen and oxygen atoms in total. The van der Waals surface area contributed by atoms with Gasteiger partial charge in [-0.05, 0) is 61.5 Å². The molecule has 0 bridgehead atoms. The Kier molecular flexibility index (Phi) is 7.58. The Morgan fingerprint density at radius 3 is 2.69 bits per heavy atom. The molecule has 4 heterocycles. The van der Waals surface area contributed by atoms with Crippen molar-refractivity contribution in [1.82, 2.24) is 35.0 Å². The quantitative estimate of drug-likeness (QED) is 0.262. The van der Waals surface area contributed by atoms with E-state index in [0.29, 0.717) is 23.3 Å². The average molecular weight is 548 g/mol. The van der Waals surface area contributed by atoms with Gasteiger partial charge in [-0.1, -0.05) is 20.8 Å². The second-order valence-corrected chi connectivity index (χ2v) is 11.8. The first-order valence-electron chi connectivity index (χ1n) is 12.9. The van der Waals surface area contributed by atoms with E-state index in [1.54, 1.807) is 4.52 Å². The van der Waals surface area contributed by atoms with E-state index in [1.807, 2.05) is 76.4 Å². The van der Waals surface area contributed by atoms with E-state index in [4.69, 9.17) is 4.98 Å². The maximum atomic E-state index is 12.6. The number of likely N-dealkylation sites (tertiary alicyclic amines) is 1. The molecule has 4 N–H and O–H groups in total. The molecule has 0 spiro atoms. The number of carbonyl (C=O) groups is 2. The Morgan fingerprint density at radius 2 is 1.97 bits per heavy atom. The third-order valence-corrected chi connectivity index (χ3v) is 7.19. The van der Waals surface area contributed by atoms with Gasteiger partial charge in [-0.15, -0.1) is 5.10 Å². The van der Waals surface area contributed by atoms with Crippen molar-refractivity contribution in [2.45, 2.75) is 50.2 Å². The first-order chi connectivity index (χ1) is 18.6. The van der Waals surface area contributed by atoms with Gasteiger partial charge >= 0.3 is 0 Å². The predicted octanol–water partition coefficient (Wildman–Crippen LogP) is 3.83. The predicted molar refractivity (Wildman–Crippen MR) is 151 cm³/mol. The summed E-state index contributed by atoms with van der Waals surface area (Å²) < 4.78 is 1.78. The Balaban J connectivity index is 1.16. The normalized spacial score (nSPS) is 15.9. The monoisotopic (exact) mass is 547 g/mol. The topological polar surface area (TPSA) is 132 Å². The van der Waals surface area contributed by atoms with Gasteiger partial charge in [0.2, 0.25) is 17.0 Å². The molecule has 3 aromatic heterocycles. The standard InChI is InChI=1S/C27H33N9O2S/c1-17-14-22(33-32-17)30-24-21-6-5-12-36(21)34-26(31-24)39-20-9-7-18(8-10-20)28-23(37)16-35-13-11-19(15-35)29-25(38)27(2,3)4/h5-10,12,14,19H,11,13,15-16H2,1-4H3,(H,28,37)(H,29,38)(H2,30,31,32,33,34)/t19-/m1/s1. The van der Waals surface area contributed by atoms with Crippen molar-refractivity contribution in [3.8, 4) is 0 Å². The number of hydrogen-bond acceptors (Lipinski definition) is 8. The van der Waals surface area contributed by atoms with Crippen LogP contribution >= 0.6 is 11.8 Å². The lowest BCUT2D eigenvalue weighted by molar-refractivity contribution is -0.129. The molecule has 204 valence electrons. The van der Waals surface area contributed by atoms with Crippen molar-refractivity contribution >= 4 is 46.4 Å². The van der Waals surface area contributed by atoms with E-state index in [0.717, 1.165) is 34.8 Å². The Hall–Kier alpha value is -3.90. The van der Waals surface area contributed by atoms with Gasteiger partial charge in [-0.3, -0.25) is 19.6 Å². The molecule has 1 saturated heterocycles. The smallest absolute Gasteiger partial charge is 0.238 e. The highest BCUT2D eigenvalue weighted by Crippen LogP contribution is 2.29. The molecular weight excluding hydrogens is 514 g/mol. The number of anilines is 3. The molecule has 39 heavy (non-hydrogen) atoms. The third-order valence-electron chi connectivity index (χ3n) is 6.33. The van der Waals surface area contributed by atoms with Crippen molar-refractivity contribution in [3.05, 3.63) is 54.4 Å². The molecule has 0 saturated carbocycles. The highest BCUT2D eigenvalue weighted by Gasteiger charge is 2.29. The fraction of sp³-hybridized carbons (Fsp3) is 0.370. The fourth-order valence-corrected chi connectivity index (χ4v) is 5.01. The van der Waals surface area contributed by atoms with Gasteiger partial charge in [0, 0.05) is 53.1 Å². The minimum atomic E-state index is -0.422. The highest BCUT2D eigenvalue weighted by atomic mass is 32.2. The summed E-state index contributed by atoms with van der Waals surface area (Å²) in [6.07, 6.45) is 2.72. The van der Waals surface area contributed by atoms with Crippen molar-refractivity contribution in [3.63, 3.8) is 0 Å². The zero-order valence-corrected chi connectivity index (χ0v) is 23.3. The Bertz CT molecular complexity index is 1470. The molecular formula is C27H33N9O2S. The molecule has 12 heteroatoms. The minimum Gasteiger partial charge on any atom is -0.352 e. The van der Waals surface area contributed by atoms with Gasteiger partial charge in [0.25, 0.3) is 0 Å². The molecule has 0 unspecified atom stereocenters. The van der Waals surface area contributed by atoms with Crippen LogP contribution < -0.4 is 16.0 Å². The van der Waals surface area contributed by atoms with Gasteiger partial charge in [-0.2, -0.15) is 5.10 Å². The lowest BCUT2D eigenvalue weighted by Crippen LogP contribution is -2.43. The van der Waals surface area contributed by atoms with E-state index < -0.39 is 5.41 Å². The SMILES string of the molecule is Cc1cc(Nc2nc(Sc3ccc(NC(=O)CN4CC[C@@H](NC(=O)C(C)(C)C)C4)cc3)nn3cccc23)n[nH]1. The molecule has 5 rings (SSSR count). The van der Waals surface area contributed by atoms with Crippen LogP contribution in [-0.2, 0) is 9.59 Å².